The summed E-state index contributed by atoms with van der Waals surface area (Å²) in [5, 5.41) is 0. The van der Waals surface area contributed by atoms with E-state index in [-0.39, 0.29) is 24.4 Å². The molecule has 0 aliphatic rings. The van der Waals surface area contributed by atoms with Crippen molar-refractivity contribution in [1.82, 2.24) is 0 Å². The Morgan fingerprint density at radius 2 is 1.42 bits per heavy atom. The summed E-state index contributed by atoms with van der Waals surface area (Å²) in [6.45, 7) is 1.30. The van der Waals surface area contributed by atoms with Gasteiger partial charge >= 0.3 is 5.97 Å². The van der Waals surface area contributed by atoms with Crippen molar-refractivity contribution in [2.75, 3.05) is 21.3 Å². The van der Waals surface area contributed by atoms with Crippen LogP contribution in [0.2, 0.25) is 0 Å². The molecule has 0 saturated heterocycles. The van der Waals surface area contributed by atoms with Crippen molar-refractivity contribution in [1.29, 1.82) is 0 Å². The highest BCUT2D eigenvalue weighted by Crippen LogP contribution is 2.35. The second-order valence-electron chi connectivity index (χ2n) is 5.64. The lowest BCUT2D eigenvalue weighted by Gasteiger charge is -2.15. The molecule has 2 aromatic rings. The Hall–Kier alpha value is -3.02. The fraction of sp³-hybridized carbons (Fsp3) is 0.300. The van der Waals surface area contributed by atoms with Gasteiger partial charge in [0.05, 0.1) is 21.3 Å². The van der Waals surface area contributed by atoms with Crippen molar-refractivity contribution in [3.8, 4) is 23.0 Å². The van der Waals surface area contributed by atoms with E-state index in [2.05, 4.69) is 0 Å². The van der Waals surface area contributed by atoms with Crippen molar-refractivity contribution in [2.45, 2.75) is 19.8 Å². The number of Topliss-reactive ketones (excluding diaryl/α,β-unsaturated/α-hetero) is 1. The van der Waals surface area contributed by atoms with Gasteiger partial charge in [0, 0.05) is 37.5 Å². The quantitative estimate of drug-likeness (QED) is 0.534. The van der Waals surface area contributed by atoms with Gasteiger partial charge in [-0.1, -0.05) is 12.1 Å². The van der Waals surface area contributed by atoms with E-state index in [9.17, 15) is 9.59 Å². The van der Waals surface area contributed by atoms with Crippen LogP contribution in [0.15, 0.2) is 36.4 Å². The number of ketones is 1. The molecule has 138 valence electrons. The molecule has 6 nitrogen and oxygen atoms in total. The van der Waals surface area contributed by atoms with Gasteiger partial charge in [-0.25, -0.2) is 0 Å². The van der Waals surface area contributed by atoms with Gasteiger partial charge in [0.15, 0.2) is 0 Å². The second kappa shape index (κ2) is 8.89. The number of carbonyl (C=O) groups excluding carboxylic acids is 2. The molecule has 0 bridgehead atoms. The SMILES string of the molecule is COc1ccc(CC(=O)Cc2c(OC)cc(OC)cc2OC(C)=O)cc1. The molecular weight excluding hydrogens is 336 g/mol. The van der Waals surface area contributed by atoms with E-state index in [0.717, 1.165) is 11.3 Å². The molecule has 0 aliphatic carbocycles. The Labute approximate surface area is 152 Å². The van der Waals surface area contributed by atoms with E-state index in [1.165, 1.54) is 21.1 Å². The highest BCUT2D eigenvalue weighted by Gasteiger charge is 2.18. The predicted molar refractivity (Wildman–Crippen MR) is 96.3 cm³/mol. The van der Waals surface area contributed by atoms with Gasteiger partial charge in [-0.05, 0) is 17.7 Å². The highest BCUT2D eigenvalue weighted by molar-refractivity contribution is 5.85. The molecule has 0 unspecified atom stereocenters. The molecule has 0 radical (unpaired) electrons. The third-order valence-electron chi connectivity index (χ3n) is 3.79. The van der Waals surface area contributed by atoms with E-state index >= 15 is 0 Å². The predicted octanol–water partition coefficient (Wildman–Crippen LogP) is 2.99. The molecule has 0 fully saturated rings. The first-order chi connectivity index (χ1) is 12.5. The van der Waals surface area contributed by atoms with Crippen LogP contribution in [0.5, 0.6) is 23.0 Å². The van der Waals surface area contributed by atoms with Crippen molar-refractivity contribution in [3.63, 3.8) is 0 Å². The van der Waals surface area contributed by atoms with Gasteiger partial charge in [-0.2, -0.15) is 0 Å². The van der Waals surface area contributed by atoms with Crippen LogP contribution >= 0.6 is 0 Å². The summed E-state index contributed by atoms with van der Waals surface area (Å²) in [5.74, 6) is 1.39. The van der Waals surface area contributed by atoms with E-state index in [1.807, 2.05) is 12.1 Å². The number of benzene rings is 2. The van der Waals surface area contributed by atoms with Crippen molar-refractivity contribution >= 4 is 11.8 Å². The van der Waals surface area contributed by atoms with Gasteiger partial charge in [-0.3, -0.25) is 9.59 Å². The minimum absolute atomic E-state index is 0.0352. The van der Waals surface area contributed by atoms with E-state index < -0.39 is 5.97 Å². The zero-order chi connectivity index (χ0) is 19.1. The van der Waals surface area contributed by atoms with Crippen LogP contribution in [-0.4, -0.2) is 33.1 Å². The zero-order valence-electron chi connectivity index (χ0n) is 15.3. The Morgan fingerprint density at radius 3 is 1.96 bits per heavy atom. The van der Waals surface area contributed by atoms with Crippen molar-refractivity contribution in [2.24, 2.45) is 0 Å². The molecule has 0 amide bonds. The Morgan fingerprint density at radius 1 is 0.808 bits per heavy atom. The molecule has 6 heteroatoms. The summed E-state index contributed by atoms with van der Waals surface area (Å²) in [5.41, 5.74) is 1.39. The monoisotopic (exact) mass is 358 g/mol. The van der Waals surface area contributed by atoms with Crippen LogP contribution in [-0.2, 0) is 22.4 Å². The molecular formula is C20H22O6. The van der Waals surface area contributed by atoms with Crippen molar-refractivity contribution < 1.29 is 28.5 Å². The average Bonchev–Trinajstić information content (AvgIpc) is 2.63. The van der Waals surface area contributed by atoms with Crippen LogP contribution in [0.4, 0.5) is 0 Å². The minimum Gasteiger partial charge on any atom is -0.497 e. The van der Waals surface area contributed by atoms with E-state index in [0.29, 0.717) is 17.1 Å². The summed E-state index contributed by atoms with van der Waals surface area (Å²) < 4.78 is 20.9. The maximum atomic E-state index is 12.5. The number of ether oxygens (including phenoxy) is 4. The molecule has 0 aromatic heterocycles. The summed E-state index contributed by atoms with van der Waals surface area (Å²) in [6.07, 6.45) is 0.320. The Balaban J connectivity index is 2.24. The number of hydrogen-bond donors (Lipinski definition) is 0. The molecule has 2 rings (SSSR count). The number of carbonyl (C=O) groups is 2. The molecule has 0 saturated carbocycles. The largest absolute Gasteiger partial charge is 0.497 e. The maximum Gasteiger partial charge on any atom is 0.308 e. The topological polar surface area (TPSA) is 71.1 Å². The normalized spacial score (nSPS) is 10.2. The fourth-order valence-corrected chi connectivity index (χ4v) is 2.55. The van der Waals surface area contributed by atoms with Crippen LogP contribution in [0.1, 0.15) is 18.1 Å². The van der Waals surface area contributed by atoms with Gasteiger partial charge in [0.25, 0.3) is 0 Å². The fourth-order valence-electron chi connectivity index (χ4n) is 2.55. The van der Waals surface area contributed by atoms with Gasteiger partial charge in [-0.15, -0.1) is 0 Å². The van der Waals surface area contributed by atoms with Gasteiger partial charge in [0.2, 0.25) is 0 Å². The highest BCUT2D eigenvalue weighted by atomic mass is 16.5. The molecule has 0 heterocycles. The summed E-state index contributed by atoms with van der Waals surface area (Å²) in [6, 6.07) is 10.5. The van der Waals surface area contributed by atoms with E-state index in [1.54, 1.807) is 31.4 Å². The maximum absolute atomic E-state index is 12.5. The zero-order valence-corrected chi connectivity index (χ0v) is 15.3. The first-order valence-corrected chi connectivity index (χ1v) is 8.04. The standard InChI is InChI=1S/C20H22O6/c1-13(21)26-20-12-17(24-3)11-19(25-4)18(20)10-15(22)9-14-5-7-16(23-2)8-6-14/h5-8,11-12H,9-10H2,1-4H3. The van der Waals surface area contributed by atoms with Crippen molar-refractivity contribution in [3.05, 3.63) is 47.5 Å². The van der Waals surface area contributed by atoms with Crippen LogP contribution in [0.3, 0.4) is 0 Å². The lowest BCUT2D eigenvalue weighted by atomic mass is 10.0. The molecule has 2 aromatic carbocycles. The first-order valence-electron chi connectivity index (χ1n) is 8.04. The minimum atomic E-state index is -0.482. The lowest BCUT2D eigenvalue weighted by Crippen LogP contribution is -2.11. The van der Waals surface area contributed by atoms with Crippen LogP contribution in [0.25, 0.3) is 0 Å². The third-order valence-corrected chi connectivity index (χ3v) is 3.79. The molecule has 0 atom stereocenters. The summed E-state index contributed by atoms with van der Waals surface area (Å²) >= 11 is 0. The van der Waals surface area contributed by atoms with Gasteiger partial charge < -0.3 is 18.9 Å². The number of methoxy groups -OCH3 is 3. The Bertz CT molecular complexity index is 780. The number of hydrogen-bond acceptors (Lipinski definition) is 6. The molecule has 0 N–H and O–H groups in total. The molecule has 0 spiro atoms. The summed E-state index contributed by atoms with van der Waals surface area (Å²) in [4.78, 5) is 23.9. The van der Waals surface area contributed by atoms with Crippen LogP contribution in [0, 0.1) is 0 Å². The third kappa shape index (κ3) is 4.99. The first kappa shape index (κ1) is 19.3. The smallest absolute Gasteiger partial charge is 0.308 e. The van der Waals surface area contributed by atoms with Crippen LogP contribution < -0.4 is 18.9 Å². The van der Waals surface area contributed by atoms with Gasteiger partial charge in [0.1, 0.15) is 28.8 Å². The average molecular weight is 358 g/mol. The molecule has 0 aliphatic heterocycles. The number of rotatable bonds is 8. The second-order valence-corrected chi connectivity index (χ2v) is 5.64. The molecule has 26 heavy (non-hydrogen) atoms. The number of esters is 1. The summed E-state index contributed by atoms with van der Waals surface area (Å²) in [7, 11) is 4.58. The van der Waals surface area contributed by atoms with E-state index in [4.69, 9.17) is 18.9 Å². The lowest BCUT2D eigenvalue weighted by molar-refractivity contribution is -0.132. The Kier molecular flexibility index (Phi) is 6.60.